The first-order chi connectivity index (χ1) is 4.93. The van der Waals surface area contributed by atoms with Crippen LogP contribution in [0.4, 0.5) is 0 Å². The molecule has 0 unspecified atom stereocenters. The Bertz CT molecular complexity index is 141. The molecule has 1 rings (SSSR count). The molecule has 0 spiro atoms. The first-order valence-electron chi connectivity index (χ1n) is 3.98. The molecule has 0 heterocycles. The number of hydrogen-bond donors (Lipinski definition) is 1. The lowest BCUT2D eigenvalue weighted by molar-refractivity contribution is 0.791. The standard InChI is InChI=1S/C9H15N/c10-8-7-9-5-3-1-2-4-6-9/h1,3,5H,2,4,6-8,10H2. The molecule has 1 nitrogen and oxygen atoms in total. The Morgan fingerprint density at radius 2 is 2.40 bits per heavy atom. The van der Waals surface area contributed by atoms with Crippen molar-refractivity contribution in [1.82, 2.24) is 0 Å². The van der Waals surface area contributed by atoms with Crippen LogP contribution in [0, 0.1) is 0 Å². The van der Waals surface area contributed by atoms with Crippen LogP contribution in [0.15, 0.2) is 23.8 Å². The van der Waals surface area contributed by atoms with Gasteiger partial charge in [-0.3, -0.25) is 0 Å². The Morgan fingerprint density at radius 1 is 1.50 bits per heavy atom. The molecule has 0 amide bonds. The Labute approximate surface area is 62.6 Å². The maximum atomic E-state index is 5.45. The van der Waals surface area contributed by atoms with Gasteiger partial charge in [-0.2, -0.15) is 0 Å². The summed E-state index contributed by atoms with van der Waals surface area (Å²) < 4.78 is 0. The summed E-state index contributed by atoms with van der Waals surface area (Å²) in [5, 5.41) is 0. The van der Waals surface area contributed by atoms with Crippen LogP contribution in [0.5, 0.6) is 0 Å². The van der Waals surface area contributed by atoms with E-state index < -0.39 is 0 Å². The summed E-state index contributed by atoms with van der Waals surface area (Å²) in [5.41, 5.74) is 6.96. The van der Waals surface area contributed by atoms with Gasteiger partial charge in [-0.15, -0.1) is 0 Å². The zero-order chi connectivity index (χ0) is 7.23. The predicted octanol–water partition coefficient (Wildman–Crippen LogP) is 2.00. The third kappa shape index (κ3) is 2.36. The SMILES string of the molecule is NCCC1=CC=CCCC1. The van der Waals surface area contributed by atoms with Crippen molar-refractivity contribution in [3.8, 4) is 0 Å². The highest BCUT2D eigenvalue weighted by molar-refractivity contribution is 5.15. The van der Waals surface area contributed by atoms with Crippen molar-refractivity contribution in [2.45, 2.75) is 25.7 Å². The molecule has 0 aromatic rings. The number of hydrogen-bond acceptors (Lipinski definition) is 1. The predicted molar refractivity (Wildman–Crippen MR) is 44.7 cm³/mol. The Balaban J connectivity index is 2.41. The fourth-order valence-corrected chi connectivity index (χ4v) is 1.22. The second kappa shape index (κ2) is 4.29. The van der Waals surface area contributed by atoms with E-state index in [1.165, 1.54) is 24.8 Å². The van der Waals surface area contributed by atoms with E-state index in [9.17, 15) is 0 Å². The normalized spacial score (nSPS) is 18.3. The van der Waals surface area contributed by atoms with Gasteiger partial charge in [-0.1, -0.05) is 23.8 Å². The molecule has 56 valence electrons. The number of nitrogens with two attached hydrogens (primary N) is 1. The second-order valence-corrected chi connectivity index (χ2v) is 2.68. The van der Waals surface area contributed by atoms with Crippen LogP contribution < -0.4 is 5.73 Å². The molecule has 1 aliphatic carbocycles. The molecule has 0 bridgehead atoms. The van der Waals surface area contributed by atoms with E-state index in [4.69, 9.17) is 5.73 Å². The molecule has 1 aliphatic rings. The largest absolute Gasteiger partial charge is 0.330 e. The molecule has 0 aromatic carbocycles. The zero-order valence-electron chi connectivity index (χ0n) is 6.34. The van der Waals surface area contributed by atoms with E-state index in [2.05, 4.69) is 18.2 Å². The van der Waals surface area contributed by atoms with Gasteiger partial charge in [0.25, 0.3) is 0 Å². The average Bonchev–Trinajstić information content (AvgIpc) is 2.17. The first kappa shape index (κ1) is 7.55. The van der Waals surface area contributed by atoms with Gasteiger partial charge in [0.05, 0.1) is 0 Å². The summed E-state index contributed by atoms with van der Waals surface area (Å²) in [5.74, 6) is 0. The lowest BCUT2D eigenvalue weighted by Gasteiger charge is -2.00. The van der Waals surface area contributed by atoms with Crippen molar-refractivity contribution in [3.05, 3.63) is 23.8 Å². The monoisotopic (exact) mass is 137 g/mol. The minimum atomic E-state index is 0.791. The van der Waals surface area contributed by atoms with Gasteiger partial charge in [0.1, 0.15) is 0 Å². The second-order valence-electron chi connectivity index (χ2n) is 2.68. The fraction of sp³-hybridized carbons (Fsp3) is 0.556. The van der Waals surface area contributed by atoms with E-state index in [1.54, 1.807) is 0 Å². The molecule has 0 saturated carbocycles. The van der Waals surface area contributed by atoms with Crippen LogP contribution in [0.3, 0.4) is 0 Å². The smallest absolute Gasteiger partial charge is 0.00398 e. The molecular weight excluding hydrogens is 122 g/mol. The molecule has 0 atom stereocenters. The van der Waals surface area contributed by atoms with Crippen molar-refractivity contribution in [2.75, 3.05) is 6.54 Å². The maximum absolute atomic E-state index is 5.45. The first-order valence-corrected chi connectivity index (χ1v) is 3.98. The van der Waals surface area contributed by atoms with Crippen molar-refractivity contribution in [3.63, 3.8) is 0 Å². The quantitative estimate of drug-likeness (QED) is 0.619. The minimum Gasteiger partial charge on any atom is -0.330 e. The summed E-state index contributed by atoms with van der Waals surface area (Å²) in [6.45, 7) is 0.791. The minimum absolute atomic E-state index is 0.791. The van der Waals surface area contributed by atoms with Gasteiger partial charge in [-0.25, -0.2) is 0 Å². The van der Waals surface area contributed by atoms with Crippen LogP contribution in [-0.4, -0.2) is 6.54 Å². The van der Waals surface area contributed by atoms with Crippen LogP contribution >= 0.6 is 0 Å². The Kier molecular flexibility index (Phi) is 3.23. The Hall–Kier alpha value is -0.560. The summed E-state index contributed by atoms with van der Waals surface area (Å²) >= 11 is 0. The van der Waals surface area contributed by atoms with Crippen LogP contribution in [0.2, 0.25) is 0 Å². The van der Waals surface area contributed by atoms with Crippen LogP contribution in [0.1, 0.15) is 25.7 Å². The van der Waals surface area contributed by atoms with Gasteiger partial charge < -0.3 is 5.73 Å². The number of allylic oxidation sites excluding steroid dienone is 3. The molecule has 0 saturated heterocycles. The summed E-state index contributed by atoms with van der Waals surface area (Å²) in [7, 11) is 0. The van der Waals surface area contributed by atoms with Crippen molar-refractivity contribution < 1.29 is 0 Å². The van der Waals surface area contributed by atoms with E-state index in [1.807, 2.05) is 0 Å². The lowest BCUT2D eigenvalue weighted by Crippen LogP contribution is -1.99. The van der Waals surface area contributed by atoms with Gasteiger partial charge in [-0.05, 0) is 32.2 Å². The summed E-state index contributed by atoms with van der Waals surface area (Å²) in [4.78, 5) is 0. The van der Waals surface area contributed by atoms with Crippen molar-refractivity contribution in [1.29, 1.82) is 0 Å². The molecular formula is C9H15N. The summed E-state index contributed by atoms with van der Waals surface area (Å²) in [6.07, 6.45) is 11.4. The molecule has 2 N–H and O–H groups in total. The molecule has 0 fully saturated rings. The third-order valence-electron chi connectivity index (χ3n) is 1.80. The highest BCUT2D eigenvalue weighted by Crippen LogP contribution is 2.14. The van der Waals surface area contributed by atoms with Crippen LogP contribution in [0.25, 0.3) is 0 Å². The third-order valence-corrected chi connectivity index (χ3v) is 1.80. The van der Waals surface area contributed by atoms with E-state index >= 15 is 0 Å². The molecule has 0 aromatic heterocycles. The molecule has 0 radical (unpaired) electrons. The molecule has 10 heavy (non-hydrogen) atoms. The van der Waals surface area contributed by atoms with Gasteiger partial charge in [0.2, 0.25) is 0 Å². The topological polar surface area (TPSA) is 26.0 Å². The Morgan fingerprint density at radius 3 is 3.20 bits per heavy atom. The van der Waals surface area contributed by atoms with Crippen molar-refractivity contribution in [2.24, 2.45) is 5.73 Å². The molecule has 0 aliphatic heterocycles. The fourth-order valence-electron chi connectivity index (χ4n) is 1.22. The highest BCUT2D eigenvalue weighted by atomic mass is 14.5. The molecule has 1 heteroatoms. The van der Waals surface area contributed by atoms with E-state index in [0.717, 1.165) is 13.0 Å². The zero-order valence-corrected chi connectivity index (χ0v) is 6.34. The van der Waals surface area contributed by atoms with Gasteiger partial charge in [0.15, 0.2) is 0 Å². The summed E-state index contributed by atoms with van der Waals surface area (Å²) in [6, 6.07) is 0. The van der Waals surface area contributed by atoms with Crippen molar-refractivity contribution >= 4 is 0 Å². The van der Waals surface area contributed by atoms with Gasteiger partial charge >= 0.3 is 0 Å². The van der Waals surface area contributed by atoms with Crippen LogP contribution in [-0.2, 0) is 0 Å². The average molecular weight is 137 g/mol. The van der Waals surface area contributed by atoms with Gasteiger partial charge in [0, 0.05) is 0 Å². The maximum Gasteiger partial charge on any atom is -0.00398 e. The number of rotatable bonds is 2. The lowest BCUT2D eigenvalue weighted by atomic mass is 10.1. The van der Waals surface area contributed by atoms with E-state index in [0.29, 0.717) is 0 Å². The highest BCUT2D eigenvalue weighted by Gasteiger charge is 1.96. The van der Waals surface area contributed by atoms with E-state index in [-0.39, 0.29) is 0 Å².